The Bertz CT molecular complexity index is 516. The van der Waals surface area contributed by atoms with E-state index < -0.39 is 23.9 Å². The Balaban J connectivity index is 2.34. The van der Waals surface area contributed by atoms with Crippen LogP contribution in [0.3, 0.4) is 0 Å². The normalized spacial score (nSPS) is 25.4. The molecule has 0 spiro atoms. The number of hydrogen-bond donors (Lipinski definition) is 3. The predicted molar refractivity (Wildman–Crippen MR) is 70.9 cm³/mol. The molecule has 1 heterocycles. The van der Waals surface area contributed by atoms with Crippen molar-refractivity contribution in [1.29, 1.82) is 0 Å². The third kappa shape index (κ3) is 2.75. The van der Waals surface area contributed by atoms with Gasteiger partial charge in [0.25, 0.3) is 0 Å². The molecule has 1 aromatic rings. The van der Waals surface area contributed by atoms with Crippen molar-refractivity contribution in [3.05, 3.63) is 29.8 Å². The number of para-hydroxylation sites is 1. The SMILES string of the molecule is COc1ccccc1[C@H]1CN[C@@H](C(=O)O)[C@H]1CC(=O)O. The van der Waals surface area contributed by atoms with Crippen LogP contribution >= 0.6 is 0 Å². The average Bonchev–Trinajstić information content (AvgIpc) is 2.81. The summed E-state index contributed by atoms with van der Waals surface area (Å²) in [5.41, 5.74) is 0.845. The number of nitrogens with one attached hydrogen (secondary N) is 1. The van der Waals surface area contributed by atoms with Gasteiger partial charge >= 0.3 is 11.9 Å². The summed E-state index contributed by atoms with van der Waals surface area (Å²) in [5.74, 6) is -2.05. The molecule has 1 aromatic carbocycles. The standard InChI is InChI=1S/C14H17NO5/c1-20-11-5-3-2-4-8(11)10-7-15-13(14(18)19)9(10)6-12(16)17/h2-5,9-10,13,15H,6-7H2,1H3,(H,16,17)(H,18,19)/t9-,10+,13+/m0/s1. The number of hydrogen-bond acceptors (Lipinski definition) is 4. The van der Waals surface area contributed by atoms with E-state index in [-0.39, 0.29) is 12.3 Å². The second-order valence-corrected chi connectivity index (χ2v) is 4.83. The van der Waals surface area contributed by atoms with E-state index in [0.717, 1.165) is 5.56 Å². The van der Waals surface area contributed by atoms with Gasteiger partial charge in [0.1, 0.15) is 11.8 Å². The number of ether oxygens (including phenoxy) is 1. The fourth-order valence-electron chi connectivity index (χ4n) is 2.83. The summed E-state index contributed by atoms with van der Waals surface area (Å²) in [6, 6.07) is 6.46. The third-order valence-corrected chi connectivity index (χ3v) is 3.72. The monoisotopic (exact) mass is 279 g/mol. The molecule has 1 aliphatic rings. The first kappa shape index (κ1) is 14.3. The quantitative estimate of drug-likeness (QED) is 0.742. The van der Waals surface area contributed by atoms with Gasteiger partial charge in [-0.3, -0.25) is 9.59 Å². The highest BCUT2D eigenvalue weighted by atomic mass is 16.5. The Labute approximate surface area is 116 Å². The van der Waals surface area contributed by atoms with Crippen LogP contribution in [0.15, 0.2) is 24.3 Å². The van der Waals surface area contributed by atoms with Gasteiger partial charge < -0.3 is 20.3 Å². The Morgan fingerprint density at radius 2 is 2.05 bits per heavy atom. The van der Waals surface area contributed by atoms with E-state index >= 15 is 0 Å². The molecule has 20 heavy (non-hydrogen) atoms. The number of benzene rings is 1. The Hall–Kier alpha value is -2.08. The maximum absolute atomic E-state index is 11.2. The van der Waals surface area contributed by atoms with E-state index in [2.05, 4.69) is 5.32 Å². The van der Waals surface area contributed by atoms with Gasteiger partial charge in [-0.1, -0.05) is 18.2 Å². The molecule has 0 bridgehead atoms. The second-order valence-electron chi connectivity index (χ2n) is 4.83. The zero-order valence-electron chi connectivity index (χ0n) is 11.1. The van der Waals surface area contributed by atoms with Crippen LogP contribution in [0.4, 0.5) is 0 Å². The fraction of sp³-hybridized carbons (Fsp3) is 0.429. The minimum absolute atomic E-state index is 0.188. The van der Waals surface area contributed by atoms with Gasteiger partial charge in [0.15, 0.2) is 0 Å². The van der Waals surface area contributed by atoms with Crippen molar-refractivity contribution >= 4 is 11.9 Å². The summed E-state index contributed by atoms with van der Waals surface area (Å²) < 4.78 is 5.28. The van der Waals surface area contributed by atoms with Crippen LogP contribution in [-0.4, -0.2) is 41.8 Å². The molecule has 1 aliphatic heterocycles. The van der Waals surface area contributed by atoms with Crippen molar-refractivity contribution in [2.24, 2.45) is 5.92 Å². The molecule has 0 amide bonds. The lowest BCUT2D eigenvalue weighted by Crippen LogP contribution is -2.36. The summed E-state index contributed by atoms with van der Waals surface area (Å²) in [6.45, 7) is 0.426. The minimum atomic E-state index is -1.02. The molecule has 3 N–H and O–H groups in total. The zero-order valence-corrected chi connectivity index (χ0v) is 11.1. The Morgan fingerprint density at radius 3 is 2.65 bits per heavy atom. The van der Waals surface area contributed by atoms with Crippen molar-refractivity contribution in [1.82, 2.24) is 5.32 Å². The van der Waals surface area contributed by atoms with Gasteiger partial charge in [-0.15, -0.1) is 0 Å². The van der Waals surface area contributed by atoms with E-state index in [4.69, 9.17) is 9.84 Å². The Kier molecular flexibility index (Phi) is 4.24. The van der Waals surface area contributed by atoms with Crippen LogP contribution in [0.1, 0.15) is 17.9 Å². The molecular formula is C14H17NO5. The van der Waals surface area contributed by atoms with Crippen LogP contribution in [0.5, 0.6) is 5.75 Å². The first-order chi connectivity index (χ1) is 9.54. The Morgan fingerprint density at radius 1 is 1.35 bits per heavy atom. The second kappa shape index (κ2) is 5.92. The minimum Gasteiger partial charge on any atom is -0.496 e. The van der Waals surface area contributed by atoms with Crippen molar-refractivity contribution < 1.29 is 24.5 Å². The predicted octanol–water partition coefficient (Wildman–Crippen LogP) is 0.926. The van der Waals surface area contributed by atoms with E-state index in [9.17, 15) is 14.7 Å². The molecule has 0 saturated carbocycles. The maximum Gasteiger partial charge on any atom is 0.321 e. The topological polar surface area (TPSA) is 95.9 Å². The van der Waals surface area contributed by atoms with Gasteiger partial charge in [-0.05, 0) is 11.6 Å². The molecule has 3 atom stereocenters. The van der Waals surface area contributed by atoms with Gasteiger partial charge in [-0.25, -0.2) is 0 Å². The summed E-state index contributed by atoms with van der Waals surface area (Å²) in [4.78, 5) is 22.2. The first-order valence-electron chi connectivity index (χ1n) is 6.35. The van der Waals surface area contributed by atoms with Gasteiger partial charge in [0.2, 0.25) is 0 Å². The average molecular weight is 279 g/mol. The highest BCUT2D eigenvalue weighted by Crippen LogP contribution is 2.38. The molecule has 1 fully saturated rings. The lowest BCUT2D eigenvalue weighted by molar-refractivity contribution is -0.142. The molecule has 108 valence electrons. The third-order valence-electron chi connectivity index (χ3n) is 3.72. The number of carboxylic acid groups (broad SMARTS) is 2. The van der Waals surface area contributed by atoms with Crippen molar-refractivity contribution in [2.75, 3.05) is 13.7 Å². The number of rotatable bonds is 5. The molecule has 0 aliphatic carbocycles. The van der Waals surface area contributed by atoms with Crippen LogP contribution in [0.2, 0.25) is 0 Å². The fourth-order valence-corrected chi connectivity index (χ4v) is 2.83. The molecular weight excluding hydrogens is 262 g/mol. The number of aliphatic carboxylic acids is 2. The van der Waals surface area contributed by atoms with Gasteiger partial charge in [-0.2, -0.15) is 0 Å². The highest BCUT2D eigenvalue weighted by Gasteiger charge is 2.42. The van der Waals surface area contributed by atoms with Crippen LogP contribution < -0.4 is 10.1 Å². The molecule has 0 unspecified atom stereocenters. The molecule has 2 rings (SSSR count). The molecule has 0 radical (unpaired) electrons. The largest absolute Gasteiger partial charge is 0.496 e. The number of methoxy groups -OCH3 is 1. The summed E-state index contributed by atoms with van der Waals surface area (Å²) in [5, 5.41) is 21.1. The van der Waals surface area contributed by atoms with Crippen LogP contribution in [-0.2, 0) is 9.59 Å². The number of carbonyl (C=O) groups is 2. The summed E-state index contributed by atoms with van der Waals surface area (Å²) in [7, 11) is 1.54. The summed E-state index contributed by atoms with van der Waals surface area (Å²) >= 11 is 0. The molecule has 6 nitrogen and oxygen atoms in total. The lowest BCUT2D eigenvalue weighted by atomic mass is 9.82. The van der Waals surface area contributed by atoms with Crippen molar-refractivity contribution in [3.63, 3.8) is 0 Å². The maximum atomic E-state index is 11.2. The van der Waals surface area contributed by atoms with Crippen LogP contribution in [0.25, 0.3) is 0 Å². The van der Waals surface area contributed by atoms with Gasteiger partial charge in [0, 0.05) is 18.4 Å². The van der Waals surface area contributed by atoms with E-state index in [1.165, 1.54) is 0 Å². The number of carboxylic acids is 2. The molecule has 0 aromatic heterocycles. The first-order valence-corrected chi connectivity index (χ1v) is 6.35. The van der Waals surface area contributed by atoms with Crippen molar-refractivity contribution in [3.8, 4) is 5.75 Å². The smallest absolute Gasteiger partial charge is 0.321 e. The van der Waals surface area contributed by atoms with Gasteiger partial charge in [0.05, 0.1) is 13.5 Å². The van der Waals surface area contributed by atoms with Crippen LogP contribution in [0, 0.1) is 5.92 Å². The molecule has 6 heteroatoms. The van der Waals surface area contributed by atoms with E-state index in [1.54, 1.807) is 13.2 Å². The van der Waals surface area contributed by atoms with E-state index in [1.807, 2.05) is 18.2 Å². The lowest BCUT2D eigenvalue weighted by Gasteiger charge is -2.22. The summed E-state index contributed by atoms with van der Waals surface area (Å²) in [6.07, 6.45) is -0.188. The van der Waals surface area contributed by atoms with E-state index in [0.29, 0.717) is 12.3 Å². The zero-order chi connectivity index (χ0) is 14.7. The van der Waals surface area contributed by atoms with Crippen molar-refractivity contribution in [2.45, 2.75) is 18.4 Å². The molecule has 1 saturated heterocycles. The highest BCUT2D eigenvalue weighted by molar-refractivity contribution is 5.77.